The Morgan fingerprint density at radius 2 is 2.27 bits per heavy atom. The summed E-state index contributed by atoms with van der Waals surface area (Å²) in [6.45, 7) is 2.82. The summed E-state index contributed by atoms with van der Waals surface area (Å²) >= 11 is 0. The van der Waals surface area contributed by atoms with Gasteiger partial charge in [0.05, 0.1) is 19.1 Å². The largest absolute Gasteiger partial charge is 0.497 e. The van der Waals surface area contributed by atoms with Gasteiger partial charge in [0.1, 0.15) is 5.75 Å². The minimum absolute atomic E-state index is 0.831. The Morgan fingerprint density at radius 3 is 2.93 bits per heavy atom. The number of imidazole rings is 1. The van der Waals surface area contributed by atoms with Crippen molar-refractivity contribution in [2.45, 2.75) is 13.5 Å². The van der Waals surface area contributed by atoms with E-state index in [2.05, 4.69) is 15.6 Å². The van der Waals surface area contributed by atoms with E-state index in [9.17, 15) is 0 Å². The fourth-order valence-electron chi connectivity index (χ4n) is 1.54. The van der Waals surface area contributed by atoms with Crippen molar-refractivity contribution in [2.75, 3.05) is 7.11 Å². The van der Waals surface area contributed by atoms with Crippen molar-refractivity contribution in [3.63, 3.8) is 0 Å². The molecule has 0 aliphatic carbocycles. The van der Waals surface area contributed by atoms with Crippen LogP contribution in [0.3, 0.4) is 0 Å². The molecule has 1 aromatic heterocycles. The molecule has 0 fully saturated rings. The molecule has 0 atom stereocenters. The van der Waals surface area contributed by atoms with Gasteiger partial charge in [-0.2, -0.15) is 0 Å². The molecule has 0 unspecified atom stereocenters. The molecule has 0 N–H and O–H groups in total. The lowest BCUT2D eigenvalue weighted by molar-refractivity contribution is 0.414. The van der Waals surface area contributed by atoms with Crippen LogP contribution in [0.2, 0.25) is 0 Å². The zero-order chi connectivity index (χ0) is 10.7. The maximum Gasteiger partial charge on any atom is 0.119 e. The quantitative estimate of drug-likeness (QED) is 0.763. The van der Waals surface area contributed by atoms with Gasteiger partial charge in [-0.1, -0.05) is 12.1 Å². The van der Waals surface area contributed by atoms with E-state index in [1.54, 1.807) is 7.11 Å². The number of ether oxygens (including phenoxy) is 1. The summed E-state index contributed by atoms with van der Waals surface area (Å²) in [6, 6.07) is 8.06. The van der Waals surface area contributed by atoms with Crippen LogP contribution in [0, 0.1) is 6.92 Å². The lowest BCUT2D eigenvalue weighted by Crippen LogP contribution is -1.96. The average molecular weight is 202 g/mol. The second-order valence-corrected chi connectivity index (χ2v) is 3.54. The Hall–Kier alpha value is -1.77. The fourth-order valence-corrected chi connectivity index (χ4v) is 1.54. The van der Waals surface area contributed by atoms with Crippen LogP contribution in [-0.2, 0) is 6.54 Å². The maximum absolute atomic E-state index is 5.17. The molecule has 0 spiro atoms. The molecule has 3 heteroatoms. The van der Waals surface area contributed by atoms with Crippen LogP contribution in [0.1, 0.15) is 11.3 Å². The number of benzene rings is 1. The van der Waals surface area contributed by atoms with E-state index in [0.29, 0.717) is 0 Å². The highest BCUT2D eigenvalue weighted by Gasteiger charge is 1.98. The van der Waals surface area contributed by atoms with Crippen molar-refractivity contribution in [2.24, 2.45) is 0 Å². The molecule has 0 bridgehead atoms. The lowest BCUT2D eigenvalue weighted by atomic mass is 10.2. The minimum atomic E-state index is 0.831. The Balaban J connectivity index is 2.16. The third kappa shape index (κ3) is 2.37. The fraction of sp³-hybridized carbons (Fsp3) is 0.250. The molecule has 0 saturated carbocycles. The highest BCUT2D eigenvalue weighted by atomic mass is 16.5. The molecule has 1 heterocycles. The zero-order valence-corrected chi connectivity index (χ0v) is 8.97. The summed E-state index contributed by atoms with van der Waals surface area (Å²) in [6.07, 6.45) is 3.87. The first-order valence-corrected chi connectivity index (χ1v) is 4.89. The summed E-state index contributed by atoms with van der Waals surface area (Å²) in [5, 5.41) is 0. The smallest absolute Gasteiger partial charge is 0.119 e. The van der Waals surface area contributed by atoms with Gasteiger partial charge in [-0.15, -0.1) is 0 Å². The van der Waals surface area contributed by atoms with Crippen molar-refractivity contribution in [3.05, 3.63) is 48.0 Å². The Kier molecular flexibility index (Phi) is 2.72. The molecule has 1 aromatic carbocycles. The summed E-state index contributed by atoms with van der Waals surface area (Å²) in [7, 11) is 1.68. The molecule has 2 aromatic rings. The number of nitrogens with zero attached hydrogens (tertiary/aromatic N) is 2. The molecule has 0 aliphatic rings. The maximum atomic E-state index is 5.17. The van der Waals surface area contributed by atoms with Crippen LogP contribution < -0.4 is 4.74 Å². The standard InChI is InChI=1S/C12H14N2O/c1-10-7-14(9-13-10)8-11-4-3-5-12(6-11)15-2/h3-7,9H,8H2,1-2H3. The van der Waals surface area contributed by atoms with Gasteiger partial charge in [0, 0.05) is 12.7 Å². The summed E-state index contributed by atoms with van der Waals surface area (Å²) in [5.74, 6) is 0.893. The second-order valence-electron chi connectivity index (χ2n) is 3.54. The first-order chi connectivity index (χ1) is 7.28. The number of hydrogen-bond acceptors (Lipinski definition) is 2. The first kappa shape index (κ1) is 9.77. The minimum Gasteiger partial charge on any atom is -0.497 e. The van der Waals surface area contributed by atoms with Crippen LogP contribution in [0.4, 0.5) is 0 Å². The van der Waals surface area contributed by atoms with Crippen LogP contribution in [0.5, 0.6) is 5.75 Å². The normalized spacial score (nSPS) is 10.3. The lowest BCUT2D eigenvalue weighted by Gasteiger charge is -2.04. The second kappa shape index (κ2) is 4.17. The topological polar surface area (TPSA) is 27.1 Å². The van der Waals surface area contributed by atoms with Gasteiger partial charge >= 0.3 is 0 Å². The predicted molar refractivity (Wildman–Crippen MR) is 59.1 cm³/mol. The molecule has 15 heavy (non-hydrogen) atoms. The molecule has 3 nitrogen and oxygen atoms in total. The monoisotopic (exact) mass is 202 g/mol. The van der Waals surface area contributed by atoms with Crippen LogP contribution in [-0.4, -0.2) is 16.7 Å². The molecular formula is C12H14N2O. The number of hydrogen-bond donors (Lipinski definition) is 0. The highest BCUT2D eigenvalue weighted by Crippen LogP contribution is 2.13. The number of aryl methyl sites for hydroxylation is 1. The SMILES string of the molecule is COc1cccc(Cn2cnc(C)c2)c1. The van der Waals surface area contributed by atoms with Crippen LogP contribution in [0.25, 0.3) is 0 Å². The molecule has 0 radical (unpaired) electrons. The third-order valence-corrected chi connectivity index (χ3v) is 2.26. The summed E-state index contributed by atoms with van der Waals surface area (Å²) in [4.78, 5) is 4.19. The van der Waals surface area contributed by atoms with Gasteiger partial charge in [-0.05, 0) is 24.6 Å². The van der Waals surface area contributed by atoms with Gasteiger partial charge in [0.2, 0.25) is 0 Å². The molecule has 78 valence electrons. The number of rotatable bonds is 3. The van der Waals surface area contributed by atoms with Gasteiger partial charge in [0.15, 0.2) is 0 Å². The van der Waals surface area contributed by atoms with Crippen molar-refractivity contribution in [3.8, 4) is 5.75 Å². The van der Waals surface area contributed by atoms with Crippen molar-refractivity contribution in [1.82, 2.24) is 9.55 Å². The summed E-state index contributed by atoms with van der Waals surface area (Å²) < 4.78 is 7.23. The van der Waals surface area contributed by atoms with Gasteiger partial charge in [-0.25, -0.2) is 4.98 Å². The van der Waals surface area contributed by atoms with E-state index < -0.39 is 0 Å². The van der Waals surface area contributed by atoms with Crippen LogP contribution >= 0.6 is 0 Å². The number of methoxy groups -OCH3 is 1. The third-order valence-electron chi connectivity index (χ3n) is 2.26. The molecular weight excluding hydrogens is 188 g/mol. The van der Waals surface area contributed by atoms with Crippen LogP contribution in [0.15, 0.2) is 36.8 Å². The number of aromatic nitrogens is 2. The molecule has 0 amide bonds. The van der Waals surface area contributed by atoms with Gasteiger partial charge in [-0.3, -0.25) is 0 Å². The first-order valence-electron chi connectivity index (χ1n) is 4.89. The molecule has 0 saturated heterocycles. The Morgan fingerprint density at radius 1 is 1.40 bits per heavy atom. The van der Waals surface area contributed by atoms with Crippen molar-refractivity contribution in [1.29, 1.82) is 0 Å². The Labute approximate surface area is 89.3 Å². The van der Waals surface area contributed by atoms with E-state index in [-0.39, 0.29) is 0 Å². The predicted octanol–water partition coefficient (Wildman–Crippen LogP) is 2.25. The van der Waals surface area contributed by atoms with Gasteiger partial charge < -0.3 is 9.30 Å². The van der Waals surface area contributed by atoms with E-state index in [1.165, 1.54) is 5.56 Å². The van der Waals surface area contributed by atoms with E-state index in [1.807, 2.05) is 37.6 Å². The van der Waals surface area contributed by atoms with Crippen molar-refractivity contribution >= 4 is 0 Å². The zero-order valence-electron chi connectivity index (χ0n) is 8.97. The molecule has 0 aliphatic heterocycles. The average Bonchev–Trinajstić information content (AvgIpc) is 2.64. The van der Waals surface area contributed by atoms with E-state index in [4.69, 9.17) is 4.74 Å². The van der Waals surface area contributed by atoms with Crippen molar-refractivity contribution < 1.29 is 4.74 Å². The van der Waals surface area contributed by atoms with Gasteiger partial charge in [0.25, 0.3) is 0 Å². The molecule has 2 rings (SSSR count). The Bertz CT molecular complexity index is 448. The van der Waals surface area contributed by atoms with E-state index >= 15 is 0 Å². The van der Waals surface area contributed by atoms with E-state index in [0.717, 1.165) is 18.0 Å². The highest BCUT2D eigenvalue weighted by molar-refractivity contribution is 5.28. The summed E-state index contributed by atoms with van der Waals surface area (Å²) in [5.41, 5.74) is 2.25.